The molecule has 0 heterocycles. The summed E-state index contributed by atoms with van der Waals surface area (Å²) in [7, 11) is 0. The second-order valence-corrected chi connectivity index (χ2v) is 9.02. The first-order valence-corrected chi connectivity index (χ1v) is 12.6. The Bertz CT molecular complexity index is 652. The summed E-state index contributed by atoms with van der Waals surface area (Å²) >= 11 is 0. The smallest absolute Gasteiger partial charge is 0.134 e. The first-order valence-electron chi connectivity index (χ1n) is 12.6. The molecule has 176 valence electrons. The molecule has 0 saturated heterocycles. The van der Waals surface area contributed by atoms with Crippen LogP contribution in [-0.4, -0.2) is 29.2 Å². The molecule has 0 bridgehead atoms. The SMILES string of the molecule is O=C(CC(CCCCCCO)c1ccccc1)CC(CCCCCCO)c1ccccc1. The van der Waals surface area contributed by atoms with E-state index < -0.39 is 0 Å². The average Bonchev–Trinajstić information content (AvgIpc) is 2.83. The van der Waals surface area contributed by atoms with E-state index in [1.165, 1.54) is 11.1 Å². The summed E-state index contributed by atoms with van der Waals surface area (Å²) in [5, 5.41) is 18.0. The van der Waals surface area contributed by atoms with Gasteiger partial charge in [0.05, 0.1) is 0 Å². The van der Waals surface area contributed by atoms with Gasteiger partial charge in [-0.2, -0.15) is 0 Å². The molecule has 32 heavy (non-hydrogen) atoms. The van der Waals surface area contributed by atoms with E-state index in [4.69, 9.17) is 10.2 Å². The number of carbonyl (C=O) groups excluding carboxylic acids is 1. The van der Waals surface area contributed by atoms with Gasteiger partial charge in [-0.25, -0.2) is 0 Å². The minimum absolute atomic E-state index is 0.265. The summed E-state index contributed by atoms with van der Waals surface area (Å²) in [6.07, 6.45) is 11.5. The Balaban J connectivity index is 1.96. The molecule has 0 aliphatic rings. The van der Waals surface area contributed by atoms with Crippen LogP contribution in [0.15, 0.2) is 60.7 Å². The molecule has 2 aromatic carbocycles. The van der Waals surface area contributed by atoms with Gasteiger partial charge in [0, 0.05) is 26.1 Å². The number of carbonyl (C=O) groups is 1. The lowest BCUT2D eigenvalue weighted by atomic mass is 9.83. The van der Waals surface area contributed by atoms with Crippen LogP contribution in [0.1, 0.15) is 100 Å². The number of benzene rings is 2. The summed E-state index contributed by atoms with van der Waals surface area (Å²) in [6, 6.07) is 21.0. The van der Waals surface area contributed by atoms with Gasteiger partial charge in [-0.1, -0.05) is 99.2 Å². The molecule has 2 rings (SSSR count). The Hall–Kier alpha value is -1.97. The summed E-state index contributed by atoms with van der Waals surface area (Å²) in [6.45, 7) is 0.531. The highest BCUT2D eigenvalue weighted by atomic mass is 16.3. The molecule has 0 saturated carbocycles. The standard InChI is InChI=1S/C29H42O3/c30-21-13-3-1-7-19-27(25-15-9-5-10-16-25)23-29(32)24-28(20-8-2-4-14-22-31)26-17-11-6-12-18-26/h5-6,9-12,15-18,27-28,30-31H,1-4,7-8,13-14,19-24H2. The van der Waals surface area contributed by atoms with Crippen LogP contribution in [0, 0.1) is 0 Å². The Labute approximate surface area is 194 Å². The van der Waals surface area contributed by atoms with E-state index in [0.29, 0.717) is 18.6 Å². The molecule has 0 radical (unpaired) electrons. The van der Waals surface area contributed by atoms with Gasteiger partial charge in [0.25, 0.3) is 0 Å². The van der Waals surface area contributed by atoms with E-state index in [2.05, 4.69) is 48.5 Å². The normalized spacial score (nSPS) is 13.1. The van der Waals surface area contributed by atoms with Gasteiger partial charge in [0.2, 0.25) is 0 Å². The van der Waals surface area contributed by atoms with Crippen molar-refractivity contribution in [3.63, 3.8) is 0 Å². The molecule has 2 atom stereocenters. The fourth-order valence-corrected chi connectivity index (χ4v) is 4.57. The number of hydrogen-bond donors (Lipinski definition) is 2. The molecule has 2 unspecified atom stereocenters. The second-order valence-electron chi connectivity index (χ2n) is 9.02. The molecular weight excluding hydrogens is 396 g/mol. The fraction of sp³-hybridized carbons (Fsp3) is 0.552. The minimum atomic E-state index is 0.265. The number of aliphatic hydroxyl groups excluding tert-OH is 2. The van der Waals surface area contributed by atoms with Crippen molar-refractivity contribution >= 4 is 5.78 Å². The first kappa shape index (κ1) is 26.3. The van der Waals surface area contributed by atoms with Gasteiger partial charge < -0.3 is 10.2 Å². The third-order valence-electron chi connectivity index (χ3n) is 6.41. The third kappa shape index (κ3) is 10.6. The predicted molar refractivity (Wildman–Crippen MR) is 133 cm³/mol. The van der Waals surface area contributed by atoms with Gasteiger partial charge in [-0.15, -0.1) is 0 Å². The van der Waals surface area contributed by atoms with Gasteiger partial charge in [0.1, 0.15) is 5.78 Å². The highest BCUT2D eigenvalue weighted by Gasteiger charge is 2.20. The van der Waals surface area contributed by atoms with Crippen molar-refractivity contribution in [3.05, 3.63) is 71.8 Å². The van der Waals surface area contributed by atoms with Crippen LogP contribution < -0.4 is 0 Å². The van der Waals surface area contributed by atoms with Crippen molar-refractivity contribution in [2.24, 2.45) is 0 Å². The number of rotatable bonds is 18. The van der Waals surface area contributed by atoms with Gasteiger partial charge in [0.15, 0.2) is 0 Å². The van der Waals surface area contributed by atoms with Crippen LogP contribution in [0.2, 0.25) is 0 Å². The number of ketones is 1. The molecular formula is C29H42O3. The zero-order chi connectivity index (χ0) is 22.9. The zero-order valence-corrected chi connectivity index (χ0v) is 19.6. The van der Waals surface area contributed by atoms with Crippen LogP contribution in [-0.2, 0) is 4.79 Å². The van der Waals surface area contributed by atoms with E-state index >= 15 is 0 Å². The topological polar surface area (TPSA) is 57.5 Å². The zero-order valence-electron chi connectivity index (χ0n) is 19.6. The third-order valence-corrected chi connectivity index (χ3v) is 6.41. The lowest BCUT2D eigenvalue weighted by Gasteiger charge is -2.20. The van der Waals surface area contributed by atoms with Crippen molar-refractivity contribution in [3.8, 4) is 0 Å². The monoisotopic (exact) mass is 438 g/mol. The lowest BCUT2D eigenvalue weighted by Crippen LogP contribution is -2.12. The average molecular weight is 439 g/mol. The number of hydrogen-bond acceptors (Lipinski definition) is 3. The maximum absolute atomic E-state index is 13.2. The first-order chi connectivity index (χ1) is 15.7. The molecule has 0 fully saturated rings. The molecule has 0 aliphatic carbocycles. The molecule has 2 N–H and O–H groups in total. The minimum Gasteiger partial charge on any atom is -0.396 e. The van der Waals surface area contributed by atoms with E-state index in [0.717, 1.165) is 64.2 Å². The highest BCUT2D eigenvalue weighted by molar-refractivity contribution is 5.80. The van der Waals surface area contributed by atoms with Crippen molar-refractivity contribution < 1.29 is 15.0 Å². The van der Waals surface area contributed by atoms with E-state index in [9.17, 15) is 4.79 Å². The van der Waals surface area contributed by atoms with Crippen molar-refractivity contribution in [2.75, 3.05) is 13.2 Å². The summed E-state index contributed by atoms with van der Waals surface area (Å²) in [5.74, 6) is 0.913. The number of aliphatic hydroxyl groups is 2. The van der Waals surface area contributed by atoms with Crippen molar-refractivity contribution in [2.45, 2.75) is 88.9 Å². The van der Waals surface area contributed by atoms with Gasteiger partial charge >= 0.3 is 0 Å². The van der Waals surface area contributed by atoms with Crippen molar-refractivity contribution in [1.82, 2.24) is 0 Å². The number of Topliss-reactive ketones (excluding diaryl/α,β-unsaturated/α-hetero) is 1. The Morgan fingerprint density at radius 3 is 1.31 bits per heavy atom. The quantitative estimate of drug-likeness (QED) is 0.252. The maximum atomic E-state index is 13.2. The Kier molecular flexibility index (Phi) is 13.7. The largest absolute Gasteiger partial charge is 0.396 e. The van der Waals surface area contributed by atoms with Crippen LogP contribution in [0.5, 0.6) is 0 Å². The molecule has 2 aromatic rings. The highest BCUT2D eigenvalue weighted by Crippen LogP contribution is 2.31. The molecule has 0 aliphatic heterocycles. The van der Waals surface area contributed by atoms with Crippen LogP contribution in [0.4, 0.5) is 0 Å². The van der Waals surface area contributed by atoms with E-state index in [1.54, 1.807) is 0 Å². The maximum Gasteiger partial charge on any atom is 0.134 e. The van der Waals surface area contributed by atoms with E-state index in [-0.39, 0.29) is 25.0 Å². The Morgan fingerprint density at radius 2 is 0.938 bits per heavy atom. The molecule has 0 aromatic heterocycles. The summed E-state index contributed by atoms with van der Waals surface area (Å²) < 4.78 is 0. The van der Waals surface area contributed by atoms with Crippen LogP contribution in [0.3, 0.4) is 0 Å². The number of unbranched alkanes of at least 4 members (excludes halogenated alkanes) is 6. The molecule has 0 amide bonds. The lowest BCUT2D eigenvalue weighted by molar-refractivity contribution is -0.119. The van der Waals surface area contributed by atoms with Gasteiger partial charge in [-0.05, 0) is 48.6 Å². The van der Waals surface area contributed by atoms with Crippen LogP contribution in [0.25, 0.3) is 0 Å². The second kappa shape index (κ2) is 16.6. The summed E-state index contributed by atoms with van der Waals surface area (Å²) in [4.78, 5) is 13.2. The Morgan fingerprint density at radius 1 is 0.562 bits per heavy atom. The molecule has 3 heteroatoms. The summed E-state index contributed by atoms with van der Waals surface area (Å²) in [5.41, 5.74) is 2.53. The predicted octanol–water partition coefficient (Wildman–Crippen LogP) is 6.79. The molecule has 3 nitrogen and oxygen atoms in total. The molecule has 0 spiro atoms. The van der Waals surface area contributed by atoms with Crippen LogP contribution >= 0.6 is 0 Å². The van der Waals surface area contributed by atoms with E-state index in [1.807, 2.05) is 12.1 Å². The van der Waals surface area contributed by atoms with Crippen molar-refractivity contribution in [1.29, 1.82) is 0 Å². The fourth-order valence-electron chi connectivity index (χ4n) is 4.57. The van der Waals surface area contributed by atoms with Gasteiger partial charge in [-0.3, -0.25) is 4.79 Å².